The summed E-state index contributed by atoms with van der Waals surface area (Å²) in [5, 5.41) is 15.2. The highest BCUT2D eigenvalue weighted by Gasteiger charge is 2.02. The predicted octanol–water partition coefficient (Wildman–Crippen LogP) is 1.08. The van der Waals surface area contributed by atoms with Gasteiger partial charge in [0.05, 0.1) is 22.9 Å². The van der Waals surface area contributed by atoms with Crippen LogP contribution in [0.25, 0.3) is 10.9 Å². The number of benzene rings is 1. The molecule has 0 bridgehead atoms. The van der Waals surface area contributed by atoms with Crippen LogP contribution in [-0.2, 0) is 4.79 Å². The summed E-state index contributed by atoms with van der Waals surface area (Å²) in [5.74, 6) is -1.29. The second-order valence-corrected chi connectivity index (χ2v) is 3.92. The zero-order valence-electron chi connectivity index (χ0n) is 10.1. The Kier molecular flexibility index (Phi) is 3.23. The first kappa shape index (κ1) is 12.0. The number of aryl methyl sites for hydroxylation is 1. The summed E-state index contributed by atoms with van der Waals surface area (Å²) in [5.41, 5.74) is 5.02. The minimum atomic E-state index is -1.29. The Labute approximate surface area is 104 Å². The number of para-hydroxylation sites is 1. The fraction of sp³-hybridized carbons (Fsp3) is 0.154. The van der Waals surface area contributed by atoms with Crippen LogP contribution >= 0.6 is 0 Å². The molecule has 0 amide bonds. The number of aliphatic carboxylic acids is 1. The number of hydrogen-bond donors (Lipinski definition) is 1. The number of carboxylic acids is 1. The average Bonchev–Trinajstić information content (AvgIpc) is 2.35. The topological polar surface area (TPSA) is 77.4 Å². The lowest BCUT2D eigenvalue weighted by molar-refractivity contribution is -0.294. The quantitative estimate of drug-likeness (QED) is 0.645. The van der Waals surface area contributed by atoms with Gasteiger partial charge in [-0.2, -0.15) is 5.10 Å². The van der Waals surface area contributed by atoms with E-state index in [4.69, 9.17) is 0 Å². The smallest absolute Gasteiger partial charge is 0.0873 e. The maximum absolute atomic E-state index is 10.6. The van der Waals surface area contributed by atoms with E-state index in [-0.39, 0.29) is 5.71 Å². The molecular weight excluding hydrogens is 230 g/mol. The minimum Gasteiger partial charge on any atom is -0.543 e. The summed E-state index contributed by atoms with van der Waals surface area (Å²) >= 11 is 0. The molecule has 5 heteroatoms. The average molecular weight is 242 g/mol. The van der Waals surface area contributed by atoms with Crippen LogP contribution in [0.15, 0.2) is 35.4 Å². The van der Waals surface area contributed by atoms with Gasteiger partial charge in [-0.1, -0.05) is 18.2 Å². The van der Waals surface area contributed by atoms with Gasteiger partial charge in [0.25, 0.3) is 0 Å². The number of hydrogen-bond acceptors (Lipinski definition) is 5. The third-order valence-corrected chi connectivity index (χ3v) is 2.48. The van der Waals surface area contributed by atoms with Crippen LogP contribution in [0.2, 0.25) is 0 Å². The van der Waals surface area contributed by atoms with Gasteiger partial charge in [-0.05, 0) is 26.0 Å². The molecule has 1 aromatic heterocycles. The van der Waals surface area contributed by atoms with Gasteiger partial charge >= 0.3 is 0 Å². The monoisotopic (exact) mass is 242 g/mol. The van der Waals surface area contributed by atoms with Gasteiger partial charge in [0.15, 0.2) is 0 Å². The molecule has 0 spiro atoms. The molecule has 92 valence electrons. The van der Waals surface area contributed by atoms with Crippen molar-refractivity contribution in [2.75, 3.05) is 5.43 Å². The van der Waals surface area contributed by atoms with Crippen LogP contribution in [-0.4, -0.2) is 16.7 Å². The molecule has 0 aliphatic heterocycles. The van der Waals surface area contributed by atoms with E-state index in [1.54, 1.807) is 0 Å². The van der Waals surface area contributed by atoms with Gasteiger partial charge in [-0.15, -0.1) is 0 Å². The number of anilines is 1. The lowest BCUT2D eigenvalue weighted by Crippen LogP contribution is -2.30. The highest BCUT2D eigenvalue weighted by atomic mass is 16.4. The van der Waals surface area contributed by atoms with E-state index in [0.717, 1.165) is 22.3 Å². The molecule has 0 saturated heterocycles. The number of carboxylic acid groups (broad SMARTS) is 1. The summed E-state index contributed by atoms with van der Waals surface area (Å²) in [4.78, 5) is 14.9. The SMILES string of the molecule is CC(=NNc1cc(C)nc2ccccc12)C(=O)[O-]. The largest absolute Gasteiger partial charge is 0.543 e. The molecule has 1 heterocycles. The zero-order chi connectivity index (χ0) is 13.1. The van der Waals surface area contributed by atoms with Crippen LogP contribution in [0.1, 0.15) is 12.6 Å². The highest BCUT2D eigenvalue weighted by Crippen LogP contribution is 2.22. The van der Waals surface area contributed by atoms with E-state index in [1.807, 2.05) is 37.3 Å². The van der Waals surface area contributed by atoms with Crippen molar-refractivity contribution in [2.24, 2.45) is 5.10 Å². The van der Waals surface area contributed by atoms with Gasteiger partial charge in [-0.3, -0.25) is 10.4 Å². The number of carbonyl (C=O) groups excluding carboxylic acids is 1. The Bertz CT molecular complexity index is 635. The van der Waals surface area contributed by atoms with E-state index in [0.29, 0.717) is 0 Å². The van der Waals surface area contributed by atoms with E-state index < -0.39 is 5.97 Å². The second kappa shape index (κ2) is 4.83. The molecule has 0 unspecified atom stereocenters. The molecule has 2 aromatic rings. The number of aromatic nitrogens is 1. The third-order valence-electron chi connectivity index (χ3n) is 2.48. The molecule has 18 heavy (non-hydrogen) atoms. The highest BCUT2D eigenvalue weighted by molar-refractivity contribution is 6.33. The van der Waals surface area contributed by atoms with Gasteiger partial charge in [0.1, 0.15) is 0 Å². The molecule has 0 atom stereocenters. The molecule has 0 saturated carbocycles. The van der Waals surface area contributed by atoms with Gasteiger partial charge in [-0.25, -0.2) is 0 Å². The Balaban J connectivity index is 2.44. The normalized spacial score (nSPS) is 11.6. The molecule has 2 rings (SSSR count). The van der Waals surface area contributed by atoms with Crippen LogP contribution < -0.4 is 10.5 Å². The molecule has 1 N–H and O–H groups in total. The van der Waals surface area contributed by atoms with Crippen molar-refractivity contribution in [2.45, 2.75) is 13.8 Å². The first-order valence-corrected chi connectivity index (χ1v) is 5.46. The summed E-state index contributed by atoms with van der Waals surface area (Å²) in [7, 11) is 0. The van der Waals surface area contributed by atoms with Crippen molar-refractivity contribution in [3.8, 4) is 0 Å². The molecule has 5 nitrogen and oxygen atoms in total. The number of nitrogens with one attached hydrogen (secondary N) is 1. The predicted molar refractivity (Wildman–Crippen MR) is 68.2 cm³/mol. The Morgan fingerprint density at radius 1 is 1.39 bits per heavy atom. The summed E-state index contributed by atoms with van der Waals surface area (Å²) < 4.78 is 0. The van der Waals surface area contributed by atoms with Crippen LogP contribution in [0.4, 0.5) is 5.69 Å². The van der Waals surface area contributed by atoms with E-state index in [9.17, 15) is 9.90 Å². The van der Waals surface area contributed by atoms with Crippen molar-refractivity contribution >= 4 is 28.3 Å². The molecule has 1 aromatic carbocycles. The third kappa shape index (κ3) is 2.45. The van der Waals surface area contributed by atoms with Crippen molar-refractivity contribution in [3.63, 3.8) is 0 Å². The minimum absolute atomic E-state index is 0.103. The van der Waals surface area contributed by atoms with Crippen molar-refractivity contribution in [3.05, 3.63) is 36.0 Å². The lowest BCUT2D eigenvalue weighted by Gasteiger charge is -2.08. The summed E-state index contributed by atoms with van der Waals surface area (Å²) in [6, 6.07) is 9.39. The Morgan fingerprint density at radius 2 is 2.11 bits per heavy atom. The maximum Gasteiger partial charge on any atom is 0.0873 e. The van der Waals surface area contributed by atoms with Crippen LogP contribution in [0.3, 0.4) is 0 Å². The van der Waals surface area contributed by atoms with Gasteiger partial charge in [0.2, 0.25) is 0 Å². The first-order chi connectivity index (χ1) is 8.58. The lowest BCUT2D eigenvalue weighted by atomic mass is 10.1. The van der Waals surface area contributed by atoms with Crippen LogP contribution in [0.5, 0.6) is 0 Å². The van der Waals surface area contributed by atoms with E-state index in [2.05, 4.69) is 15.5 Å². The number of carbonyl (C=O) groups is 1. The molecular formula is C13H12N3O2-. The molecule has 0 aliphatic rings. The van der Waals surface area contributed by atoms with Crippen molar-refractivity contribution < 1.29 is 9.90 Å². The summed E-state index contributed by atoms with van der Waals surface area (Å²) in [6.45, 7) is 3.24. The number of pyridine rings is 1. The molecule has 0 radical (unpaired) electrons. The maximum atomic E-state index is 10.6. The second-order valence-electron chi connectivity index (χ2n) is 3.92. The summed E-state index contributed by atoms with van der Waals surface area (Å²) in [6.07, 6.45) is 0. The Hall–Kier alpha value is -2.43. The van der Waals surface area contributed by atoms with Crippen LogP contribution in [0, 0.1) is 6.92 Å². The number of nitrogens with zero attached hydrogens (tertiary/aromatic N) is 2. The van der Waals surface area contributed by atoms with Crippen molar-refractivity contribution in [1.82, 2.24) is 4.98 Å². The van der Waals surface area contributed by atoms with Crippen molar-refractivity contribution in [1.29, 1.82) is 0 Å². The number of hydrazone groups is 1. The van der Waals surface area contributed by atoms with Gasteiger partial charge < -0.3 is 9.90 Å². The molecule has 0 fully saturated rings. The molecule has 0 aliphatic carbocycles. The van der Waals surface area contributed by atoms with E-state index >= 15 is 0 Å². The standard InChI is InChI=1S/C13H13N3O2/c1-8-7-12(16-15-9(2)13(17)18)10-5-3-4-6-11(10)14-8/h3-7H,1-2H3,(H,14,16)(H,17,18)/p-1. The fourth-order valence-corrected chi connectivity index (χ4v) is 1.59. The first-order valence-electron chi connectivity index (χ1n) is 5.46. The zero-order valence-corrected chi connectivity index (χ0v) is 10.1. The van der Waals surface area contributed by atoms with Gasteiger partial charge in [0, 0.05) is 11.1 Å². The Morgan fingerprint density at radius 3 is 2.83 bits per heavy atom. The fourth-order valence-electron chi connectivity index (χ4n) is 1.59. The van der Waals surface area contributed by atoms with E-state index in [1.165, 1.54) is 6.92 Å². The number of fused-ring (bicyclic) bond motifs is 1. The number of rotatable bonds is 3.